The summed E-state index contributed by atoms with van der Waals surface area (Å²) in [4.78, 5) is 20.1. The number of aromatic nitrogens is 5. The van der Waals surface area contributed by atoms with Crippen LogP contribution in [0, 0.1) is 17.7 Å². The lowest BCUT2D eigenvalue weighted by Gasteiger charge is -2.29. The van der Waals surface area contributed by atoms with Crippen molar-refractivity contribution in [3.63, 3.8) is 0 Å². The van der Waals surface area contributed by atoms with Gasteiger partial charge in [-0.1, -0.05) is 17.7 Å². The monoisotopic (exact) mass is 573 g/mol. The first kappa shape index (κ1) is 25.8. The number of carbonyl (C=O) groups excluding carboxylic acids is 1. The highest BCUT2D eigenvalue weighted by Gasteiger charge is 2.48. The lowest BCUT2D eigenvalue weighted by atomic mass is 9.97. The van der Waals surface area contributed by atoms with Crippen LogP contribution >= 0.6 is 11.6 Å². The molecular weight excluding hydrogens is 545 g/mol. The second-order valence-corrected chi connectivity index (χ2v) is 11.7. The van der Waals surface area contributed by atoms with E-state index in [1.54, 1.807) is 6.20 Å². The van der Waals surface area contributed by atoms with Crippen molar-refractivity contribution in [1.82, 2.24) is 30.1 Å². The number of rotatable bonds is 6. The lowest BCUT2D eigenvalue weighted by Crippen LogP contribution is -2.45. The fourth-order valence-electron chi connectivity index (χ4n) is 6.72. The summed E-state index contributed by atoms with van der Waals surface area (Å²) in [6.45, 7) is 6.26. The van der Waals surface area contributed by atoms with Crippen molar-refractivity contribution in [3.05, 3.63) is 71.4 Å². The first-order chi connectivity index (χ1) is 19.8. The van der Waals surface area contributed by atoms with Crippen LogP contribution in [0.3, 0.4) is 0 Å². The third-order valence-electron chi connectivity index (χ3n) is 8.40. The standard InChI is InChI=1S/C30H29ClFN7O2/c1-3-41-20-9-21(27-22-13-34-36-28(22)37-39(27)16-20)17-7-8-25(33-12-17)38-14-18-10-30(2,11-19(18)15-38)35-29(40)26-23(31)5-4-6-24(26)32/h4-9,12-13,16,18-19H,3,10-11,14-15H2,1-2H3,(H,35,40)(H,36,37)/t18-,19+,30?. The minimum atomic E-state index is -0.606. The van der Waals surface area contributed by atoms with Crippen LogP contribution in [-0.2, 0) is 0 Å². The Kier molecular flexibility index (Phi) is 6.11. The lowest BCUT2D eigenvalue weighted by molar-refractivity contribution is 0.0901. The number of nitrogens with zero attached hydrogens (tertiary/aromatic N) is 5. The second-order valence-electron chi connectivity index (χ2n) is 11.3. The maximum Gasteiger partial charge on any atom is 0.256 e. The molecule has 0 bridgehead atoms. The second kappa shape index (κ2) is 9.73. The predicted molar refractivity (Wildman–Crippen MR) is 155 cm³/mol. The number of aromatic amines is 1. The van der Waals surface area contributed by atoms with Gasteiger partial charge < -0.3 is 15.0 Å². The van der Waals surface area contributed by atoms with Gasteiger partial charge in [-0.25, -0.2) is 13.9 Å². The van der Waals surface area contributed by atoms with Gasteiger partial charge in [-0.3, -0.25) is 9.89 Å². The highest BCUT2D eigenvalue weighted by Crippen LogP contribution is 2.45. The molecule has 1 aliphatic carbocycles. The smallest absolute Gasteiger partial charge is 0.256 e. The van der Waals surface area contributed by atoms with E-state index in [0.717, 1.165) is 59.5 Å². The van der Waals surface area contributed by atoms with Gasteiger partial charge in [0.25, 0.3) is 5.91 Å². The molecule has 1 amide bonds. The zero-order valence-corrected chi connectivity index (χ0v) is 23.5. The Bertz CT molecular complexity index is 1750. The van der Waals surface area contributed by atoms with Crippen LogP contribution < -0.4 is 15.0 Å². The van der Waals surface area contributed by atoms with Crippen molar-refractivity contribution in [2.24, 2.45) is 11.8 Å². The predicted octanol–water partition coefficient (Wildman–Crippen LogP) is 5.50. The van der Waals surface area contributed by atoms with Crippen LogP contribution in [0.2, 0.25) is 5.02 Å². The van der Waals surface area contributed by atoms with E-state index in [1.807, 2.05) is 36.8 Å². The molecule has 2 fully saturated rings. The molecule has 1 unspecified atom stereocenters. The third kappa shape index (κ3) is 4.46. The number of amides is 1. The van der Waals surface area contributed by atoms with Crippen LogP contribution in [-0.4, -0.2) is 55.9 Å². The molecular formula is C30H29ClFN7O2. The van der Waals surface area contributed by atoms with Gasteiger partial charge in [0.1, 0.15) is 17.4 Å². The van der Waals surface area contributed by atoms with E-state index in [-0.39, 0.29) is 10.6 Å². The zero-order valence-electron chi connectivity index (χ0n) is 22.7. The van der Waals surface area contributed by atoms with E-state index in [4.69, 9.17) is 21.3 Å². The number of anilines is 1. The number of carbonyl (C=O) groups is 1. The van der Waals surface area contributed by atoms with Crippen molar-refractivity contribution < 1.29 is 13.9 Å². The molecule has 7 rings (SSSR count). The molecule has 0 spiro atoms. The summed E-state index contributed by atoms with van der Waals surface area (Å²) >= 11 is 6.12. The topological polar surface area (TPSA) is 100 Å². The van der Waals surface area contributed by atoms with Gasteiger partial charge in [-0.15, -0.1) is 5.10 Å². The Hall–Kier alpha value is -4.18. The molecule has 1 saturated carbocycles. The van der Waals surface area contributed by atoms with Crippen LogP contribution in [0.4, 0.5) is 10.2 Å². The molecule has 3 atom stereocenters. The Balaban J connectivity index is 1.08. The summed E-state index contributed by atoms with van der Waals surface area (Å²) in [5.74, 6) is 1.40. The van der Waals surface area contributed by atoms with Crippen molar-refractivity contribution in [3.8, 4) is 16.9 Å². The molecule has 210 valence electrons. The van der Waals surface area contributed by atoms with Gasteiger partial charge in [-0.05, 0) is 68.9 Å². The summed E-state index contributed by atoms with van der Waals surface area (Å²) in [6, 6.07) is 10.5. The molecule has 1 saturated heterocycles. The molecule has 9 nitrogen and oxygen atoms in total. The maximum absolute atomic E-state index is 14.3. The van der Waals surface area contributed by atoms with Crippen molar-refractivity contribution in [2.75, 3.05) is 24.6 Å². The number of nitrogens with one attached hydrogen (secondary N) is 2. The summed E-state index contributed by atoms with van der Waals surface area (Å²) in [5, 5.41) is 15.8. The number of benzene rings is 1. The number of halogens is 2. The molecule has 1 aliphatic heterocycles. The SMILES string of the molecule is CCOc1cc(-c2ccc(N3C[C@@H]4CC(C)(NC(=O)c5c(F)cccc5Cl)C[C@@H]4C3)nc2)c2c3cn[nH]c3nn2c1. The highest BCUT2D eigenvalue weighted by molar-refractivity contribution is 6.33. The Morgan fingerprint density at radius 1 is 1.22 bits per heavy atom. The Labute approximate surface area is 240 Å². The summed E-state index contributed by atoms with van der Waals surface area (Å²) in [6.07, 6.45) is 7.19. The maximum atomic E-state index is 14.3. The first-order valence-electron chi connectivity index (χ1n) is 13.8. The van der Waals surface area contributed by atoms with E-state index in [1.165, 1.54) is 18.2 Å². The molecule has 1 aromatic carbocycles. The number of fused-ring (bicyclic) bond motifs is 4. The number of hydrogen-bond acceptors (Lipinski definition) is 6. The molecule has 2 N–H and O–H groups in total. The minimum absolute atomic E-state index is 0.0909. The molecule has 41 heavy (non-hydrogen) atoms. The highest BCUT2D eigenvalue weighted by atomic mass is 35.5. The third-order valence-corrected chi connectivity index (χ3v) is 8.72. The van der Waals surface area contributed by atoms with Gasteiger partial charge in [0, 0.05) is 36.0 Å². The summed E-state index contributed by atoms with van der Waals surface area (Å²) in [7, 11) is 0. The van der Waals surface area contributed by atoms with Crippen LogP contribution in [0.25, 0.3) is 27.7 Å². The van der Waals surface area contributed by atoms with Crippen LogP contribution in [0.1, 0.15) is 37.0 Å². The molecule has 5 heterocycles. The minimum Gasteiger partial charge on any atom is -0.492 e. The fraction of sp³-hybridized carbons (Fsp3) is 0.333. The van der Waals surface area contributed by atoms with Crippen LogP contribution in [0.5, 0.6) is 5.75 Å². The van der Waals surface area contributed by atoms with Gasteiger partial charge in [-0.2, -0.15) is 5.10 Å². The zero-order chi connectivity index (χ0) is 28.3. The van der Waals surface area contributed by atoms with Crippen molar-refractivity contribution in [1.29, 1.82) is 0 Å². The molecule has 0 radical (unpaired) electrons. The normalized spacial score (nSPS) is 22.0. The van der Waals surface area contributed by atoms with E-state index < -0.39 is 17.3 Å². The number of hydrogen-bond donors (Lipinski definition) is 2. The number of H-pyrrole nitrogens is 1. The van der Waals surface area contributed by atoms with E-state index in [9.17, 15) is 9.18 Å². The average Bonchev–Trinajstić information content (AvgIpc) is 3.68. The Morgan fingerprint density at radius 2 is 2.02 bits per heavy atom. The fourth-order valence-corrected chi connectivity index (χ4v) is 6.97. The van der Waals surface area contributed by atoms with E-state index in [0.29, 0.717) is 24.1 Å². The van der Waals surface area contributed by atoms with E-state index in [2.05, 4.69) is 37.6 Å². The molecule has 11 heteroatoms. The largest absolute Gasteiger partial charge is 0.492 e. The molecule has 5 aromatic rings. The summed E-state index contributed by atoms with van der Waals surface area (Å²) < 4.78 is 21.9. The Morgan fingerprint density at radius 3 is 2.73 bits per heavy atom. The average molecular weight is 574 g/mol. The van der Waals surface area contributed by atoms with Crippen LogP contribution in [0.15, 0.2) is 55.0 Å². The molecule has 2 aliphatic rings. The quantitative estimate of drug-likeness (QED) is 0.278. The molecule has 4 aromatic heterocycles. The van der Waals surface area contributed by atoms with Gasteiger partial charge in [0.2, 0.25) is 0 Å². The first-order valence-corrected chi connectivity index (χ1v) is 14.2. The van der Waals surface area contributed by atoms with Crippen molar-refractivity contribution >= 4 is 39.9 Å². The summed E-state index contributed by atoms with van der Waals surface area (Å²) in [5.41, 5.74) is 3.09. The van der Waals surface area contributed by atoms with Gasteiger partial charge in [0.15, 0.2) is 5.65 Å². The number of ether oxygens (including phenoxy) is 1. The van der Waals surface area contributed by atoms with E-state index >= 15 is 0 Å². The van der Waals surface area contributed by atoms with Crippen molar-refractivity contribution in [2.45, 2.75) is 32.2 Å². The van der Waals surface area contributed by atoms with Gasteiger partial charge in [0.05, 0.1) is 40.5 Å². The number of pyridine rings is 2. The van der Waals surface area contributed by atoms with Gasteiger partial charge >= 0.3 is 0 Å².